The lowest BCUT2D eigenvalue weighted by Crippen LogP contribution is -2.36. The minimum Gasteiger partial charge on any atom is -0.465 e. The van der Waals surface area contributed by atoms with E-state index in [0.717, 1.165) is 56.1 Å². The minimum absolute atomic E-state index is 0.204. The van der Waals surface area contributed by atoms with Gasteiger partial charge >= 0.3 is 5.97 Å². The summed E-state index contributed by atoms with van der Waals surface area (Å²) in [4.78, 5) is 12.7. The van der Waals surface area contributed by atoms with Crippen LogP contribution in [0.5, 0.6) is 0 Å². The average molecular weight is 527 g/mol. The van der Waals surface area contributed by atoms with Gasteiger partial charge in [0.25, 0.3) is 0 Å². The third-order valence-electron chi connectivity index (χ3n) is 10.3. The molecule has 0 amide bonds. The SMILES string of the molecule is C=C1/C(=C\C=C2/CCC[C@]3(C)[C@@H]([C@H](C)/C=C/[C@@H](O)C4(C(=O)OCCCCC)CC4)CC[C@@H]23)C[C@@H](O)C[C@@H]1O. The zero-order valence-corrected chi connectivity index (χ0v) is 23.8. The maximum absolute atomic E-state index is 12.7. The summed E-state index contributed by atoms with van der Waals surface area (Å²) >= 11 is 0. The van der Waals surface area contributed by atoms with Crippen molar-refractivity contribution in [1.29, 1.82) is 0 Å². The Bertz CT molecular complexity index is 956. The fourth-order valence-electron chi connectivity index (χ4n) is 7.62. The third-order valence-corrected chi connectivity index (χ3v) is 10.3. The lowest BCUT2D eigenvalue weighted by molar-refractivity contribution is -0.153. The van der Waals surface area contributed by atoms with Crippen molar-refractivity contribution in [3.8, 4) is 0 Å². The largest absolute Gasteiger partial charge is 0.465 e. The molecule has 38 heavy (non-hydrogen) atoms. The Morgan fingerprint density at radius 2 is 1.92 bits per heavy atom. The zero-order chi connectivity index (χ0) is 27.5. The van der Waals surface area contributed by atoms with Crippen molar-refractivity contribution in [1.82, 2.24) is 0 Å². The van der Waals surface area contributed by atoms with Crippen molar-refractivity contribution in [2.45, 2.75) is 116 Å². The Morgan fingerprint density at radius 3 is 2.63 bits per heavy atom. The standard InChI is InChI=1S/C33H50O5/c1-5-6-7-19-38-31(37)33(17-18-33)30(36)15-10-22(2)27-13-14-28-24(9-8-16-32(27,28)4)11-12-25-20-26(34)21-29(35)23(25)3/h10-12,15,22,26-30,34-36H,3,5-9,13-14,16-21H2,1-2,4H3/b15-10+,24-11+,25-12-/t22-,26-,27-,28+,29+,30-,32-/m1/s1. The van der Waals surface area contributed by atoms with Gasteiger partial charge in [0.15, 0.2) is 0 Å². The Hall–Kier alpha value is -1.69. The summed E-state index contributed by atoms with van der Waals surface area (Å²) in [6.45, 7) is 11.3. The molecule has 0 unspecified atom stereocenters. The van der Waals surface area contributed by atoms with Gasteiger partial charge in [-0.3, -0.25) is 4.79 Å². The molecule has 5 heteroatoms. The summed E-state index contributed by atoms with van der Waals surface area (Å²) in [5, 5.41) is 31.3. The van der Waals surface area contributed by atoms with E-state index in [2.05, 4.69) is 45.6 Å². The van der Waals surface area contributed by atoms with Gasteiger partial charge in [-0.25, -0.2) is 0 Å². The summed E-state index contributed by atoms with van der Waals surface area (Å²) in [7, 11) is 0. The number of aliphatic hydroxyl groups excluding tert-OH is 3. The van der Waals surface area contributed by atoms with Crippen LogP contribution in [-0.4, -0.2) is 46.2 Å². The first-order valence-electron chi connectivity index (χ1n) is 15.1. The Labute approximate surface area is 229 Å². The van der Waals surface area contributed by atoms with Crippen LogP contribution in [0.15, 0.2) is 47.6 Å². The van der Waals surface area contributed by atoms with Gasteiger partial charge in [0, 0.05) is 6.42 Å². The van der Waals surface area contributed by atoms with Crippen LogP contribution in [-0.2, 0) is 9.53 Å². The highest BCUT2D eigenvalue weighted by Gasteiger charge is 2.56. The molecule has 0 radical (unpaired) electrons. The molecule has 7 atom stereocenters. The van der Waals surface area contributed by atoms with Crippen LogP contribution in [0.1, 0.15) is 97.8 Å². The summed E-state index contributed by atoms with van der Waals surface area (Å²) in [6.07, 6.45) is 17.6. The predicted molar refractivity (Wildman–Crippen MR) is 151 cm³/mol. The molecule has 3 N–H and O–H groups in total. The lowest BCUT2D eigenvalue weighted by atomic mass is 9.61. The van der Waals surface area contributed by atoms with Crippen LogP contribution in [0.3, 0.4) is 0 Å². The molecule has 0 aliphatic heterocycles. The number of fused-ring (bicyclic) bond motifs is 1. The molecular weight excluding hydrogens is 476 g/mol. The molecule has 4 rings (SSSR count). The van der Waals surface area contributed by atoms with Crippen molar-refractivity contribution in [3.63, 3.8) is 0 Å². The van der Waals surface area contributed by atoms with Crippen molar-refractivity contribution >= 4 is 5.97 Å². The van der Waals surface area contributed by atoms with E-state index in [1.807, 2.05) is 6.08 Å². The molecule has 0 aromatic carbocycles. The van der Waals surface area contributed by atoms with E-state index in [-0.39, 0.29) is 11.4 Å². The fourth-order valence-corrected chi connectivity index (χ4v) is 7.62. The normalized spacial score (nSPS) is 36.4. The van der Waals surface area contributed by atoms with Crippen LogP contribution in [0.2, 0.25) is 0 Å². The highest BCUT2D eigenvalue weighted by atomic mass is 16.5. The summed E-state index contributed by atoms with van der Waals surface area (Å²) in [6, 6.07) is 0. The van der Waals surface area contributed by atoms with Crippen molar-refractivity contribution < 1.29 is 24.9 Å². The fraction of sp³-hybridized carbons (Fsp3) is 0.727. The maximum Gasteiger partial charge on any atom is 0.315 e. The second kappa shape index (κ2) is 12.2. The van der Waals surface area contributed by atoms with Gasteiger partial charge in [0.1, 0.15) is 0 Å². The topological polar surface area (TPSA) is 87.0 Å². The highest BCUT2D eigenvalue weighted by molar-refractivity contribution is 5.81. The first kappa shape index (κ1) is 29.3. The van der Waals surface area contributed by atoms with Gasteiger partial charge in [-0.1, -0.05) is 70.1 Å². The molecule has 0 heterocycles. The van der Waals surface area contributed by atoms with E-state index in [0.29, 0.717) is 50.0 Å². The quantitative estimate of drug-likeness (QED) is 0.179. The number of allylic oxidation sites excluding steroid dienone is 4. The Morgan fingerprint density at radius 1 is 1.16 bits per heavy atom. The first-order valence-corrected chi connectivity index (χ1v) is 15.1. The monoisotopic (exact) mass is 526 g/mol. The number of esters is 1. The van der Waals surface area contributed by atoms with Crippen molar-refractivity contribution in [2.75, 3.05) is 6.61 Å². The lowest BCUT2D eigenvalue weighted by Gasteiger charge is -2.44. The first-order chi connectivity index (χ1) is 18.1. The molecule has 4 saturated carbocycles. The molecule has 4 fully saturated rings. The number of rotatable bonds is 10. The average Bonchev–Trinajstić information content (AvgIpc) is 3.62. The number of ether oxygens (including phenoxy) is 1. The van der Waals surface area contributed by atoms with E-state index in [1.54, 1.807) is 0 Å². The van der Waals surface area contributed by atoms with E-state index < -0.39 is 23.7 Å². The zero-order valence-electron chi connectivity index (χ0n) is 23.8. The number of hydrogen-bond donors (Lipinski definition) is 3. The van der Waals surface area contributed by atoms with Crippen LogP contribution < -0.4 is 0 Å². The molecule has 0 bridgehead atoms. The smallest absolute Gasteiger partial charge is 0.315 e. The molecule has 0 aromatic heterocycles. The number of aliphatic hydroxyl groups is 3. The van der Waals surface area contributed by atoms with Crippen LogP contribution >= 0.6 is 0 Å². The minimum atomic E-state index is -0.781. The molecule has 212 valence electrons. The molecule has 0 saturated heterocycles. The summed E-state index contributed by atoms with van der Waals surface area (Å²) in [5.74, 6) is 1.13. The predicted octanol–water partition coefficient (Wildman–Crippen LogP) is 6.19. The van der Waals surface area contributed by atoms with Crippen molar-refractivity contribution in [2.24, 2.45) is 28.6 Å². The number of carbonyl (C=O) groups is 1. The second-order valence-electron chi connectivity index (χ2n) is 12.9. The number of hydrogen-bond acceptors (Lipinski definition) is 5. The maximum atomic E-state index is 12.7. The third kappa shape index (κ3) is 6.05. The molecule has 5 nitrogen and oxygen atoms in total. The molecule has 4 aliphatic rings. The van der Waals surface area contributed by atoms with Gasteiger partial charge in [0.2, 0.25) is 0 Å². The molecule has 0 spiro atoms. The molecular formula is C33H50O5. The van der Waals surface area contributed by atoms with E-state index in [9.17, 15) is 20.1 Å². The summed E-state index contributed by atoms with van der Waals surface area (Å²) in [5.41, 5.74) is 2.66. The number of carbonyl (C=O) groups excluding carboxylic acids is 1. The van der Waals surface area contributed by atoms with Gasteiger partial charge in [-0.15, -0.1) is 0 Å². The second-order valence-corrected chi connectivity index (χ2v) is 12.9. The van der Waals surface area contributed by atoms with Crippen LogP contribution in [0.4, 0.5) is 0 Å². The van der Waals surface area contributed by atoms with E-state index >= 15 is 0 Å². The summed E-state index contributed by atoms with van der Waals surface area (Å²) < 4.78 is 5.51. The number of unbranched alkanes of at least 4 members (excludes halogenated alkanes) is 2. The van der Waals surface area contributed by atoms with E-state index in [4.69, 9.17) is 4.74 Å². The molecule has 0 aromatic rings. The van der Waals surface area contributed by atoms with Crippen LogP contribution in [0.25, 0.3) is 0 Å². The van der Waals surface area contributed by atoms with Gasteiger partial charge in [-0.05, 0) is 92.1 Å². The Kier molecular flexibility index (Phi) is 9.43. The van der Waals surface area contributed by atoms with Gasteiger partial charge in [0.05, 0.1) is 30.3 Å². The van der Waals surface area contributed by atoms with E-state index in [1.165, 1.54) is 12.0 Å². The van der Waals surface area contributed by atoms with Crippen molar-refractivity contribution in [3.05, 3.63) is 47.6 Å². The highest BCUT2D eigenvalue weighted by Crippen LogP contribution is 2.59. The Balaban J connectivity index is 1.40. The van der Waals surface area contributed by atoms with Gasteiger partial charge < -0.3 is 20.1 Å². The van der Waals surface area contributed by atoms with Gasteiger partial charge in [-0.2, -0.15) is 0 Å². The van der Waals surface area contributed by atoms with Crippen LogP contribution in [0, 0.1) is 28.6 Å². The molecule has 4 aliphatic carbocycles.